The van der Waals surface area contributed by atoms with Gasteiger partial charge < -0.3 is 19.5 Å². The Labute approximate surface area is 125 Å². The fourth-order valence-corrected chi connectivity index (χ4v) is 1.63. The van der Waals surface area contributed by atoms with Gasteiger partial charge in [0.15, 0.2) is 11.5 Å². The molecule has 0 atom stereocenters. The van der Waals surface area contributed by atoms with Crippen molar-refractivity contribution in [3.8, 4) is 11.5 Å². The number of carbonyl (C=O) groups is 1. The summed E-state index contributed by atoms with van der Waals surface area (Å²) in [6.07, 6.45) is 4.15. The van der Waals surface area contributed by atoms with Gasteiger partial charge in [-0.2, -0.15) is 0 Å². The highest BCUT2D eigenvalue weighted by Crippen LogP contribution is 2.28. The first-order valence-corrected chi connectivity index (χ1v) is 6.97. The predicted molar refractivity (Wildman–Crippen MR) is 82.7 cm³/mol. The molecule has 0 radical (unpaired) electrons. The van der Waals surface area contributed by atoms with Crippen molar-refractivity contribution in [3.63, 3.8) is 0 Å². The summed E-state index contributed by atoms with van der Waals surface area (Å²) in [6, 6.07) is 5.56. The molecule has 0 saturated heterocycles. The van der Waals surface area contributed by atoms with Crippen molar-refractivity contribution in [2.24, 2.45) is 0 Å². The van der Waals surface area contributed by atoms with Crippen molar-refractivity contribution in [2.75, 3.05) is 34.0 Å². The molecule has 1 aromatic rings. The van der Waals surface area contributed by atoms with E-state index in [9.17, 15) is 4.79 Å². The van der Waals surface area contributed by atoms with Crippen LogP contribution < -0.4 is 14.8 Å². The smallest absolute Gasteiger partial charge is 0.244 e. The standard InChI is InChI=1S/C16H23NO4/c1-4-10-21-14-7-5-13(12-15(14)20-3)6-8-16(18)17-9-11-19-2/h5-8,12H,4,9-11H2,1-3H3,(H,17,18)/b8-6+. The van der Waals surface area contributed by atoms with Crippen LogP contribution in [0.25, 0.3) is 6.08 Å². The number of carbonyl (C=O) groups excluding carboxylic acids is 1. The van der Waals surface area contributed by atoms with Crippen LogP contribution in [0.1, 0.15) is 18.9 Å². The van der Waals surface area contributed by atoms with E-state index in [1.54, 1.807) is 20.3 Å². The molecule has 0 aliphatic rings. The van der Waals surface area contributed by atoms with E-state index in [1.807, 2.05) is 25.1 Å². The minimum absolute atomic E-state index is 0.155. The summed E-state index contributed by atoms with van der Waals surface area (Å²) in [5.41, 5.74) is 0.873. The zero-order valence-electron chi connectivity index (χ0n) is 12.8. The number of hydrogen-bond acceptors (Lipinski definition) is 4. The number of benzene rings is 1. The molecule has 1 aromatic carbocycles. The largest absolute Gasteiger partial charge is 0.493 e. The van der Waals surface area contributed by atoms with Gasteiger partial charge in [-0.05, 0) is 30.2 Å². The van der Waals surface area contributed by atoms with Crippen LogP contribution in [0.4, 0.5) is 0 Å². The van der Waals surface area contributed by atoms with Gasteiger partial charge in [-0.3, -0.25) is 4.79 Å². The van der Waals surface area contributed by atoms with Gasteiger partial charge in [-0.15, -0.1) is 0 Å². The topological polar surface area (TPSA) is 56.8 Å². The Kier molecular flexibility index (Phi) is 7.97. The molecule has 0 spiro atoms. The van der Waals surface area contributed by atoms with Crippen molar-refractivity contribution in [1.82, 2.24) is 5.32 Å². The fourth-order valence-electron chi connectivity index (χ4n) is 1.63. The summed E-state index contributed by atoms with van der Waals surface area (Å²) in [7, 11) is 3.19. The highest BCUT2D eigenvalue weighted by Gasteiger charge is 2.04. The molecule has 0 fully saturated rings. The molecule has 0 bridgehead atoms. The Hall–Kier alpha value is -2.01. The Morgan fingerprint density at radius 2 is 2.05 bits per heavy atom. The number of nitrogens with one attached hydrogen (secondary N) is 1. The summed E-state index contributed by atoms with van der Waals surface area (Å²) < 4.78 is 15.7. The number of hydrogen-bond donors (Lipinski definition) is 1. The maximum Gasteiger partial charge on any atom is 0.244 e. The van der Waals surface area contributed by atoms with Crippen LogP contribution in [-0.4, -0.2) is 39.9 Å². The number of amides is 1. The lowest BCUT2D eigenvalue weighted by Crippen LogP contribution is -2.24. The molecule has 21 heavy (non-hydrogen) atoms. The first-order valence-electron chi connectivity index (χ1n) is 6.97. The normalized spacial score (nSPS) is 10.6. The minimum atomic E-state index is -0.155. The third-order valence-corrected chi connectivity index (χ3v) is 2.68. The zero-order valence-corrected chi connectivity index (χ0v) is 12.8. The molecular formula is C16H23NO4. The van der Waals surface area contributed by atoms with Crippen molar-refractivity contribution in [2.45, 2.75) is 13.3 Å². The summed E-state index contributed by atoms with van der Waals surface area (Å²) in [4.78, 5) is 11.5. The Morgan fingerprint density at radius 3 is 2.71 bits per heavy atom. The Morgan fingerprint density at radius 1 is 1.24 bits per heavy atom. The van der Waals surface area contributed by atoms with Gasteiger partial charge in [0.2, 0.25) is 5.91 Å². The van der Waals surface area contributed by atoms with E-state index in [1.165, 1.54) is 6.08 Å². The number of rotatable bonds is 9. The van der Waals surface area contributed by atoms with Crippen molar-refractivity contribution in [3.05, 3.63) is 29.8 Å². The highest BCUT2D eigenvalue weighted by molar-refractivity contribution is 5.91. The van der Waals surface area contributed by atoms with Crippen molar-refractivity contribution < 1.29 is 19.0 Å². The zero-order chi connectivity index (χ0) is 15.5. The molecule has 0 aliphatic heterocycles. The van der Waals surface area contributed by atoms with Gasteiger partial charge >= 0.3 is 0 Å². The SMILES string of the molecule is CCCOc1ccc(/C=C/C(=O)NCCOC)cc1OC. The van der Waals surface area contributed by atoms with E-state index in [-0.39, 0.29) is 5.91 Å². The molecule has 1 N–H and O–H groups in total. The molecule has 1 amide bonds. The average molecular weight is 293 g/mol. The van der Waals surface area contributed by atoms with E-state index in [4.69, 9.17) is 14.2 Å². The third kappa shape index (κ3) is 6.31. The second kappa shape index (κ2) is 9.83. The second-order valence-corrected chi connectivity index (χ2v) is 4.38. The summed E-state index contributed by atoms with van der Waals surface area (Å²) in [6.45, 7) is 3.68. The lowest BCUT2D eigenvalue weighted by molar-refractivity contribution is -0.116. The first-order chi connectivity index (χ1) is 10.2. The molecule has 116 valence electrons. The van der Waals surface area contributed by atoms with Crippen LogP contribution in [0.5, 0.6) is 11.5 Å². The molecule has 5 heteroatoms. The molecule has 1 rings (SSSR count). The number of ether oxygens (including phenoxy) is 3. The van der Waals surface area contributed by atoms with Gasteiger partial charge in [0, 0.05) is 19.7 Å². The fraction of sp³-hybridized carbons (Fsp3) is 0.438. The minimum Gasteiger partial charge on any atom is -0.493 e. The molecule has 0 heterocycles. The van der Waals surface area contributed by atoms with Crippen molar-refractivity contribution in [1.29, 1.82) is 0 Å². The van der Waals surface area contributed by atoms with Crippen LogP contribution in [0.2, 0.25) is 0 Å². The Balaban J connectivity index is 2.64. The predicted octanol–water partition coefficient (Wildman–Crippen LogP) is 2.26. The van der Waals surface area contributed by atoms with E-state index in [0.29, 0.717) is 31.3 Å². The maximum absolute atomic E-state index is 11.5. The van der Waals surface area contributed by atoms with Crippen LogP contribution in [0.15, 0.2) is 24.3 Å². The summed E-state index contributed by atoms with van der Waals surface area (Å²) >= 11 is 0. The van der Waals surface area contributed by atoms with Gasteiger partial charge in [0.1, 0.15) is 0 Å². The first kappa shape index (κ1) is 17.0. The van der Waals surface area contributed by atoms with Gasteiger partial charge in [0.05, 0.1) is 20.3 Å². The number of methoxy groups -OCH3 is 2. The monoisotopic (exact) mass is 293 g/mol. The highest BCUT2D eigenvalue weighted by atomic mass is 16.5. The lowest BCUT2D eigenvalue weighted by atomic mass is 10.2. The molecule has 0 aromatic heterocycles. The molecule has 0 unspecified atom stereocenters. The van der Waals surface area contributed by atoms with Crippen molar-refractivity contribution >= 4 is 12.0 Å². The van der Waals surface area contributed by atoms with Gasteiger partial charge in [-0.25, -0.2) is 0 Å². The third-order valence-electron chi connectivity index (χ3n) is 2.68. The van der Waals surface area contributed by atoms with Crippen LogP contribution >= 0.6 is 0 Å². The molecule has 0 aliphatic carbocycles. The van der Waals surface area contributed by atoms with E-state index in [2.05, 4.69) is 5.32 Å². The lowest BCUT2D eigenvalue weighted by Gasteiger charge is -2.10. The maximum atomic E-state index is 11.5. The van der Waals surface area contributed by atoms with E-state index < -0.39 is 0 Å². The quantitative estimate of drug-likeness (QED) is 0.560. The molecular weight excluding hydrogens is 270 g/mol. The van der Waals surface area contributed by atoms with Crippen LogP contribution in [0, 0.1) is 0 Å². The summed E-state index contributed by atoms with van der Waals surface area (Å²) in [5.74, 6) is 1.21. The second-order valence-electron chi connectivity index (χ2n) is 4.38. The van der Waals surface area contributed by atoms with E-state index >= 15 is 0 Å². The molecule has 5 nitrogen and oxygen atoms in total. The van der Waals surface area contributed by atoms with Gasteiger partial charge in [-0.1, -0.05) is 13.0 Å². The Bertz CT molecular complexity index is 471. The molecule has 0 saturated carbocycles. The van der Waals surface area contributed by atoms with E-state index in [0.717, 1.165) is 12.0 Å². The average Bonchev–Trinajstić information content (AvgIpc) is 2.51. The van der Waals surface area contributed by atoms with Gasteiger partial charge in [0.25, 0.3) is 0 Å². The van der Waals surface area contributed by atoms with Crippen LogP contribution in [-0.2, 0) is 9.53 Å². The summed E-state index contributed by atoms with van der Waals surface area (Å²) in [5, 5.41) is 2.72. The van der Waals surface area contributed by atoms with Crippen LogP contribution in [0.3, 0.4) is 0 Å².